The van der Waals surface area contributed by atoms with E-state index >= 15 is 0 Å². The van der Waals surface area contributed by atoms with Crippen molar-refractivity contribution >= 4 is 28.3 Å². The van der Waals surface area contributed by atoms with Crippen LogP contribution in [0.5, 0.6) is 0 Å². The van der Waals surface area contributed by atoms with Gasteiger partial charge in [-0.2, -0.15) is 0 Å². The Morgan fingerprint density at radius 1 is 1.00 bits per heavy atom. The number of rotatable bonds is 1. The van der Waals surface area contributed by atoms with Crippen molar-refractivity contribution in [2.75, 3.05) is 0 Å². The molecule has 0 aliphatic heterocycles. The summed E-state index contributed by atoms with van der Waals surface area (Å²) in [5.74, 6) is 0. The molecule has 0 radical (unpaired) electrons. The van der Waals surface area contributed by atoms with Gasteiger partial charge in [-0.3, -0.25) is 0 Å². The summed E-state index contributed by atoms with van der Waals surface area (Å²) < 4.78 is 0. The van der Waals surface area contributed by atoms with Crippen molar-refractivity contribution in [3.63, 3.8) is 0 Å². The van der Waals surface area contributed by atoms with Gasteiger partial charge in [0.2, 0.25) is 0 Å². The van der Waals surface area contributed by atoms with Crippen LogP contribution in [0.25, 0.3) is 0 Å². The van der Waals surface area contributed by atoms with E-state index in [0.717, 1.165) is 0 Å². The summed E-state index contributed by atoms with van der Waals surface area (Å²) in [5.41, 5.74) is 0. The smallest absolute Gasteiger partial charge is 0.0343 e. The molecule has 0 atom stereocenters. The normalized spacial score (nSPS) is 11.2. The molecule has 0 unspecified atom stereocenters. The van der Waals surface area contributed by atoms with Crippen LogP contribution < -0.4 is 0 Å². The van der Waals surface area contributed by atoms with E-state index in [4.69, 9.17) is 0 Å². The average Bonchev–Trinajstić information content (AvgIpc) is 1.31. The van der Waals surface area contributed by atoms with Gasteiger partial charge in [0.25, 0.3) is 0 Å². The third-order valence-corrected chi connectivity index (χ3v) is 15.6. The molecule has 0 fully saturated rings. The fourth-order valence-corrected chi connectivity index (χ4v) is 0. The van der Waals surface area contributed by atoms with E-state index in [0.29, 0.717) is 0 Å². The van der Waals surface area contributed by atoms with Crippen LogP contribution in [0.3, 0.4) is 0 Å². The van der Waals surface area contributed by atoms with Gasteiger partial charge in [-0.15, -0.1) is 12.4 Å². The molecule has 0 bridgehead atoms. The molecule has 0 aromatic carbocycles. The first kappa shape index (κ1) is 11.5. The summed E-state index contributed by atoms with van der Waals surface area (Å²) in [6.45, 7) is 12.3. The van der Waals surface area contributed by atoms with E-state index in [1.165, 1.54) is 0 Å². The van der Waals surface area contributed by atoms with E-state index in [1.54, 1.807) is 0 Å². The topological polar surface area (TPSA) is 0 Å². The molecule has 0 aromatic heterocycles. The molecule has 3 heteroatoms. The van der Waals surface area contributed by atoms with Gasteiger partial charge in [-0.05, 0) is 0 Å². The Bertz CT molecular complexity index is 55.9. The molecule has 0 aromatic rings. The zero-order chi connectivity index (χ0) is 6.08. The average molecular weight is 169 g/mol. The third kappa shape index (κ3) is 4.87. The van der Waals surface area contributed by atoms with Gasteiger partial charge in [-0.1, -0.05) is 32.7 Å². The molecule has 0 spiro atoms. The Morgan fingerprint density at radius 2 is 1.12 bits per heavy atom. The molecular weight excluding hydrogens is 152 g/mol. The Labute approximate surface area is 61.5 Å². The Kier molecular flexibility index (Phi) is 5.31. The summed E-state index contributed by atoms with van der Waals surface area (Å²) in [7, 11) is -0.816. The molecule has 0 aliphatic carbocycles. The van der Waals surface area contributed by atoms with Gasteiger partial charge in [0.05, 0.1) is 0 Å². The van der Waals surface area contributed by atoms with Crippen molar-refractivity contribution in [3.8, 4) is 0 Å². The standard InChI is InChI=1S/C5H16Si2.ClH/c1-6(2)7(3,4)5;/h6H,1-5H3;1H. The van der Waals surface area contributed by atoms with Crippen LogP contribution in [-0.2, 0) is 0 Å². The number of hydrogen-bond donors (Lipinski definition) is 0. The molecule has 0 aliphatic rings. The summed E-state index contributed by atoms with van der Waals surface area (Å²) in [6, 6.07) is 0. The summed E-state index contributed by atoms with van der Waals surface area (Å²) in [4.78, 5) is 0. The molecule has 0 saturated carbocycles. The van der Waals surface area contributed by atoms with Gasteiger partial charge in [0.15, 0.2) is 0 Å². The zero-order valence-electron chi connectivity index (χ0n) is 6.49. The summed E-state index contributed by atoms with van der Waals surface area (Å²) >= 11 is 0. The van der Waals surface area contributed by atoms with Crippen molar-refractivity contribution in [2.45, 2.75) is 32.7 Å². The van der Waals surface area contributed by atoms with Crippen LogP contribution in [0.15, 0.2) is 0 Å². The Hall–Kier alpha value is 0.724. The molecular formula is C5H17ClSi2. The van der Waals surface area contributed by atoms with Crippen molar-refractivity contribution in [1.29, 1.82) is 0 Å². The fraction of sp³-hybridized carbons (Fsp3) is 1.00. The molecule has 52 valence electrons. The van der Waals surface area contributed by atoms with Crippen LogP contribution >= 0.6 is 12.4 Å². The van der Waals surface area contributed by atoms with E-state index in [-0.39, 0.29) is 20.7 Å². The highest BCUT2D eigenvalue weighted by atomic mass is 35.5. The van der Waals surface area contributed by atoms with Crippen molar-refractivity contribution in [3.05, 3.63) is 0 Å². The molecule has 0 nitrogen and oxygen atoms in total. The minimum absolute atomic E-state index is 0. The lowest BCUT2D eigenvalue weighted by Crippen LogP contribution is -2.37. The minimum atomic E-state index is -0.596. The maximum absolute atomic E-state index is 2.46. The van der Waals surface area contributed by atoms with Gasteiger partial charge in [0, 0.05) is 15.9 Å². The largest absolute Gasteiger partial charge is 0.147 e. The summed E-state index contributed by atoms with van der Waals surface area (Å²) in [6.07, 6.45) is 0. The summed E-state index contributed by atoms with van der Waals surface area (Å²) in [5, 5.41) is 0. The lowest BCUT2D eigenvalue weighted by Gasteiger charge is -2.18. The Balaban J connectivity index is 0. The van der Waals surface area contributed by atoms with Crippen LogP contribution in [0, 0.1) is 0 Å². The van der Waals surface area contributed by atoms with E-state index < -0.39 is 7.59 Å². The zero-order valence-corrected chi connectivity index (χ0v) is 9.46. The molecule has 0 amide bonds. The quantitative estimate of drug-likeness (QED) is 0.528. The van der Waals surface area contributed by atoms with Gasteiger partial charge in [-0.25, -0.2) is 0 Å². The second-order valence-corrected chi connectivity index (χ2v) is 19.2. The van der Waals surface area contributed by atoms with Crippen molar-refractivity contribution in [1.82, 2.24) is 0 Å². The van der Waals surface area contributed by atoms with Gasteiger partial charge >= 0.3 is 0 Å². The predicted octanol–water partition coefficient (Wildman–Crippen LogP) is 2.31. The third-order valence-electron chi connectivity index (χ3n) is 1.73. The van der Waals surface area contributed by atoms with Gasteiger partial charge in [0.1, 0.15) is 0 Å². The number of hydrogen-bond acceptors (Lipinski definition) is 0. The minimum Gasteiger partial charge on any atom is -0.147 e. The highest BCUT2D eigenvalue weighted by Gasteiger charge is 2.17. The van der Waals surface area contributed by atoms with E-state index in [9.17, 15) is 0 Å². The highest BCUT2D eigenvalue weighted by Crippen LogP contribution is 2.04. The number of halogens is 1. The lowest BCUT2D eigenvalue weighted by atomic mass is 11.8. The van der Waals surface area contributed by atoms with Crippen LogP contribution in [0.2, 0.25) is 32.7 Å². The molecule has 0 N–H and O–H groups in total. The maximum atomic E-state index is 2.46. The monoisotopic (exact) mass is 168 g/mol. The predicted molar refractivity (Wildman–Crippen MR) is 49.5 cm³/mol. The SMILES string of the molecule is C[SiH](C)[Si](C)(C)C.Cl. The van der Waals surface area contributed by atoms with E-state index in [1.807, 2.05) is 0 Å². The first-order valence-corrected chi connectivity index (χ1v) is 10.6. The first-order valence-electron chi connectivity index (χ1n) is 2.94. The lowest BCUT2D eigenvalue weighted by molar-refractivity contribution is 1.80. The molecule has 0 saturated heterocycles. The maximum Gasteiger partial charge on any atom is 0.0343 e. The highest BCUT2D eigenvalue weighted by molar-refractivity contribution is 7.30. The van der Waals surface area contributed by atoms with E-state index in [2.05, 4.69) is 32.7 Å². The Morgan fingerprint density at radius 3 is 1.12 bits per heavy atom. The van der Waals surface area contributed by atoms with Gasteiger partial charge < -0.3 is 0 Å². The molecule has 8 heavy (non-hydrogen) atoms. The second kappa shape index (κ2) is 3.69. The van der Waals surface area contributed by atoms with Crippen LogP contribution in [-0.4, -0.2) is 15.9 Å². The molecule has 0 rings (SSSR count). The van der Waals surface area contributed by atoms with Crippen LogP contribution in [0.1, 0.15) is 0 Å². The molecule has 0 heterocycles. The van der Waals surface area contributed by atoms with Crippen molar-refractivity contribution in [2.24, 2.45) is 0 Å². The first-order chi connectivity index (χ1) is 2.94. The van der Waals surface area contributed by atoms with Crippen LogP contribution in [0.4, 0.5) is 0 Å². The fourth-order valence-electron chi connectivity index (χ4n) is 0. The van der Waals surface area contributed by atoms with Crippen molar-refractivity contribution < 1.29 is 0 Å². The second-order valence-electron chi connectivity index (χ2n) is 3.52.